The van der Waals surface area contributed by atoms with Crippen molar-refractivity contribution in [1.82, 2.24) is 9.97 Å². The minimum atomic E-state index is 0.735. The summed E-state index contributed by atoms with van der Waals surface area (Å²) in [7, 11) is 0. The summed E-state index contributed by atoms with van der Waals surface area (Å²) in [6.45, 7) is 6.48. The standard InChI is InChI=1S/C27H26N4O/c1-3-15-31(16-4-2)20-9-10-23-25(17-20)32-26-18-24(29-19-11-13-28-14-12-19)21-7-5-6-8-22(21)27(26)30-23/h5-14,17-18H,3-4,15-16H2,1-2H3/b29-24-. The van der Waals surface area contributed by atoms with Gasteiger partial charge in [-0.05, 0) is 37.1 Å². The number of benzene rings is 3. The Morgan fingerprint density at radius 2 is 1.62 bits per heavy atom. The van der Waals surface area contributed by atoms with Gasteiger partial charge in [0.15, 0.2) is 11.3 Å². The number of hydrogen-bond donors (Lipinski definition) is 0. The van der Waals surface area contributed by atoms with Crippen molar-refractivity contribution < 1.29 is 4.42 Å². The van der Waals surface area contributed by atoms with E-state index in [0.29, 0.717) is 0 Å². The Hall–Kier alpha value is -3.73. The number of hydrogen-bond acceptors (Lipinski definition) is 5. The summed E-state index contributed by atoms with van der Waals surface area (Å²) >= 11 is 0. The Bertz CT molecular complexity index is 1400. The molecule has 5 heteroatoms. The lowest BCUT2D eigenvalue weighted by molar-refractivity contribution is 0.613. The molecule has 0 spiro atoms. The first-order chi connectivity index (χ1) is 15.8. The first kappa shape index (κ1) is 20.2. The maximum atomic E-state index is 6.42. The molecule has 0 saturated carbocycles. The smallest absolute Gasteiger partial charge is 0.155 e. The van der Waals surface area contributed by atoms with Crippen molar-refractivity contribution in [3.8, 4) is 11.5 Å². The third kappa shape index (κ3) is 3.82. The molecule has 0 N–H and O–H groups in total. The molecular formula is C27H26N4O. The van der Waals surface area contributed by atoms with E-state index in [1.165, 1.54) is 5.69 Å². The Balaban J connectivity index is 1.74. The van der Waals surface area contributed by atoms with Crippen molar-refractivity contribution in [3.05, 3.63) is 78.4 Å². The monoisotopic (exact) mass is 422 g/mol. The first-order valence-corrected chi connectivity index (χ1v) is 11.2. The first-order valence-electron chi connectivity index (χ1n) is 11.2. The fourth-order valence-corrected chi connectivity index (χ4v) is 4.18. The predicted molar refractivity (Wildman–Crippen MR) is 130 cm³/mol. The Labute approximate surface area is 187 Å². The summed E-state index contributed by atoms with van der Waals surface area (Å²) in [5.74, 6) is 0.735. The quantitative estimate of drug-likeness (QED) is 0.237. The van der Waals surface area contributed by atoms with Crippen LogP contribution in [-0.2, 0) is 0 Å². The van der Waals surface area contributed by atoms with Gasteiger partial charge in [-0.2, -0.15) is 0 Å². The number of nitrogens with zero attached hydrogens (tertiary/aromatic N) is 4. The van der Waals surface area contributed by atoms with Gasteiger partial charge in [0, 0.05) is 54.1 Å². The molecule has 1 aromatic heterocycles. The molecule has 0 atom stereocenters. The number of fused-ring (bicyclic) bond motifs is 4. The maximum Gasteiger partial charge on any atom is 0.155 e. The van der Waals surface area contributed by atoms with Crippen LogP contribution in [0, 0.1) is 0 Å². The van der Waals surface area contributed by atoms with Gasteiger partial charge in [-0.3, -0.25) is 4.98 Å². The highest BCUT2D eigenvalue weighted by atomic mass is 16.3. The van der Waals surface area contributed by atoms with E-state index in [-0.39, 0.29) is 0 Å². The normalized spacial score (nSPS) is 12.1. The van der Waals surface area contributed by atoms with Crippen LogP contribution in [0.1, 0.15) is 26.7 Å². The lowest BCUT2D eigenvalue weighted by Gasteiger charge is -2.24. The van der Waals surface area contributed by atoms with E-state index in [9.17, 15) is 0 Å². The summed E-state index contributed by atoms with van der Waals surface area (Å²) in [4.78, 5) is 16.3. The van der Waals surface area contributed by atoms with Crippen LogP contribution < -0.4 is 10.3 Å². The predicted octanol–water partition coefficient (Wildman–Crippen LogP) is 6.34. The number of aromatic nitrogens is 2. The molecule has 5 rings (SSSR count). The third-order valence-corrected chi connectivity index (χ3v) is 5.62. The van der Waals surface area contributed by atoms with Gasteiger partial charge >= 0.3 is 0 Å². The van der Waals surface area contributed by atoms with Gasteiger partial charge in [0.25, 0.3) is 0 Å². The van der Waals surface area contributed by atoms with Crippen molar-refractivity contribution >= 4 is 33.2 Å². The highest BCUT2D eigenvalue weighted by Crippen LogP contribution is 2.32. The molecular weight excluding hydrogens is 396 g/mol. The lowest BCUT2D eigenvalue weighted by Crippen LogP contribution is -2.24. The molecule has 0 fully saturated rings. The summed E-state index contributed by atoms with van der Waals surface area (Å²) in [6.07, 6.45) is 5.72. The van der Waals surface area contributed by atoms with Crippen LogP contribution in [-0.4, -0.2) is 23.1 Å². The minimum Gasteiger partial charge on any atom is -0.453 e. The van der Waals surface area contributed by atoms with E-state index in [1.807, 2.05) is 30.3 Å². The van der Waals surface area contributed by atoms with E-state index in [2.05, 4.69) is 54.1 Å². The molecule has 0 saturated heterocycles. The topological polar surface area (TPSA) is 54.5 Å². The Kier molecular flexibility index (Phi) is 5.55. The summed E-state index contributed by atoms with van der Waals surface area (Å²) in [5.41, 5.74) is 4.54. The van der Waals surface area contributed by atoms with Gasteiger partial charge in [0.1, 0.15) is 11.2 Å². The second-order valence-corrected chi connectivity index (χ2v) is 7.96. The second-order valence-electron chi connectivity index (χ2n) is 7.96. The second kappa shape index (κ2) is 8.79. The largest absolute Gasteiger partial charge is 0.453 e. The van der Waals surface area contributed by atoms with E-state index < -0.39 is 0 Å². The van der Waals surface area contributed by atoms with E-state index in [1.54, 1.807) is 12.4 Å². The molecule has 160 valence electrons. The third-order valence-electron chi connectivity index (χ3n) is 5.62. The highest BCUT2D eigenvalue weighted by molar-refractivity contribution is 5.96. The van der Waals surface area contributed by atoms with E-state index in [4.69, 9.17) is 14.4 Å². The summed E-state index contributed by atoms with van der Waals surface area (Å²) in [6, 6.07) is 20.3. The van der Waals surface area contributed by atoms with Crippen LogP contribution >= 0.6 is 0 Å². The molecule has 1 aliphatic heterocycles. The zero-order valence-electron chi connectivity index (χ0n) is 18.5. The van der Waals surface area contributed by atoms with Crippen LogP contribution in [0.2, 0.25) is 0 Å². The average molecular weight is 423 g/mol. The zero-order valence-corrected chi connectivity index (χ0v) is 18.5. The van der Waals surface area contributed by atoms with Gasteiger partial charge in [-0.15, -0.1) is 0 Å². The van der Waals surface area contributed by atoms with Crippen LogP contribution in [0.25, 0.3) is 33.3 Å². The molecule has 0 amide bonds. The van der Waals surface area contributed by atoms with Crippen molar-refractivity contribution in [2.75, 3.05) is 18.0 Å². The molecule has 1 aliphatic carbocycles. The fourth-order valence-electron chi connectivity index (χ4n) is 4.18. The van der Waals surface area contributed by atoms with Crippen LogP contribution in [0.4, 0.5) is 11.4 Å². The van der Waals surface area contributed by atoms with E-state index >= 15 is 0 Å². The summed E-state index contributed by atoms with van der Waals surface area (Å²) < 4.78 is 6.42. The Morgan fingerprint density at radius 3 is 2.38 bits per heavy atom. The minimum absolute atomic E-state index is 0.735. The van der Waals surface area contributed by atoms with Gasteiger partial charge < -0.3 is 9.32 Å². The van der Waals surface area contributed by atoms with Gasteiger partial charge in [0.2, 0.25) is 0 Å². The van der Waals surface area contributed by atoms with Crippen molar-refractivity contribution in [2.24, 2.45) is 4.99 Å². The molecule has 0 radical (unpaired) electrons. The Morgan fingerprint density at radius 1 is 0.875 bits per heavy atom. The molecule has 2 heterocycles. The average Bonchev–Trinajstić information content (AvgIpc) is 2.83. The molecule has 0 bridgehead atoms. The molecule has 5 nitrogen and oxygen atoms in total. The van der Waals surface area contributed by atoms with Crippen molar-refractivity contribution in [3.63, 3.8) is 0 Å². The van der Waals surface area contributed by atoms with Crippen molar-refractivity contribution in [1.29, 1.82) is 0 Å². The number of rotatable bonds is 6. The molecule has 0 unspecified atom stereocenters. The molecule has 2 aromatic carbocycles. The van der Waals surface area contributed by atoms with Crippen LogP contribution in [0.5, 0.6) is 0 Å². The van der Waals surface area contributed by atoms with Gasteiger partial charge in [-0.1, -0.05) is 38.1 Å². The fraction of sp³-hybridized carbons (Fsp3) is 0.222. The van der Waals surface area contributed by atoms with Gasteiger partial charge in [0.05, 0.1) is 11.0 Å². The van der Waals surface area contributed by atoms with Gasteiger partial charge in [-0.25, -0.2) is 9.98 Å². The maximum absolute atomic E-state index is 6.42. The molecule has 3 aromatic rings. The number of anilines is 1. The zero-order chi connectivity index (χ0) is 21.9. The SMILES string of the molecule is CCCN(CCC)c1ccc2nc3c4ccccc4/c(=N\c4ccncc4)cc-3oc2c1. The molecule has 2 aliphatic rings. The number of pyridine rings is 1. The van der Waals surface area contributed by atoms with Crippen LogP contribution in [0.3, 0.4) is 0 Å². The van der Waals surface area contributed by atoms with E-state index in [0.717, 1.165) is 70.3 Å². The highest BCUT2D eigenvalue weighted by Gasteiger charge is 2.16. The lowest BCUT2D eigenvalue weighted by atomic mass is 10.0. The van der Waals surface area contributed by atoms with Crippen molar-refractivity contribution in [2.45, 2.75) is 26.7 Å². The molecule has 32 heavy (non-hydrogen) atoms. The summed E-state index contributed by atoms with van der Waals surface area (Å²) in [5, 5.41) is 2.94. The van der Waals surface area contributed by atoms with Crippen LogP contribution in [0.15, 0.2) is 82.5 Å².